The molecule has 0 radical (unpaired) electrons. The van der Waals surface area contributed by atoms with E-state index in [0.717, 1.165) is 31.6 Å². The second kappa shape index (κ2) is 5.44. The highest BCUT2D eigenvalue weighted by Gasteiger charge is 2.20. The van der Waals surface area contributed by atoms with Crippen molar-refractivity contribution in [2.45, 2.75) is 0 Å². The third-order valence-corrected chi connectivity index (χ3v) is 3.81. The molecule has 20 heavy (non-hydrogen) atoms. The maximum Gasteiger partial charge on any atom is 0.301 e. The number of carbonyl (C=O) groups is 1. The van der Waals surface area contributed by atoms with E-state index in [0.29, 0.717) is 16.4 Å². The topological polar surface area (TPSA) is 49.9 Å². The van der Waals surface area contributed by atoms with Crippen molar-refractivity contribution >= 4 is 28.5 Å². The zero-order valence-electron chi connectivity index (χ0n) is 11.3. The number of nitrogens with zero attached hydrogens (tertiary/aromatic N) is 1. The van der Waals surface area contributed by atoms with Crippen LogP contribution in [0.15, 0.2) is 28.7 Å². The molecule has 0 bridgehead atoms. The van der Waals surface area contributed by atoms with Crippen LogP contribution in [0.25, 0.3) is 11.0 Å². The number of likely N-dealkylation sites (N-methyl/N-ethyl adjacent to an activating group) is 1. The fourth-order valence-corrected chi connectivity index (χ4v) is 2.51. The van der Waals surface area contributed by atoms with E-state index in [1.54, 1.807) is 24.3 Å². The molecule has 3 rings (SSSR count). The molecule has 0 saturated carbocycles. The Morgan fingerprint density at radius 3 is 2.85 bits per heavy atom. The van der Waals surface area contributed by atoms with Crippen molar-refractivity contribution in [3.63, 3.8) is 0 Å². The summed E-state index contributed by atoms with van der Waals surface area (Å²) in [6.45, 7) is 3.75. The minimum absolute atomic E-state index is 0.211. The zero-order valence-corrected chi connectivity index (χ0v) is 12.0. The number of amides is 1. The van der Waals surface area contributed by atoms with E-state index in [-0.39, 0.29) is 5.91 Å². The van der Waals surface area contributed by atoms with Gasteiger partial charge in [-0.15, -0.1) is 0 Å². The van der Waals surface area contributed by atoms with Crippen molar-refractivity contribution in [1.29, 1.82) is 0 Å². The molecule has 0 unspecified atom stereocenters. The molecule has 0 spiro atoms. The van der Waals surface area contributed by atoms with Gasteiger partial charge in [-0.05, 0) is 24.3 Å². The quantitative estimate of drug-likeness (QED) is 0.851. The molecular formula is C14H17ClN3O2+. The van der Waals surface area contributed by atoms with Gasteiger partial charge in [0.2, 0.25) is 0 Å². The number of furan rings is 1. The largest absolute Gasteiger partial charge is 0.451 e. The number of piperazine rings is 1. The van der Waals surface area contributed by atoms with E-state index in [1.807, 2.05) is 5.01 Å². The summed E-state index contributed by atoms with van der Waals surface area (Å²) in [4.78, 5) is 13.6. The van der Waals surface area contributed by atoms with Gasteiger partial charge in [-0.3, -0.25) is 10.2 Å². The van der Waals surface area contributed by atoms with Crippen molar-refractivity contribution in [3.05, 3.63) is 35.0 Å². The van der Waals surface area contributed by atoms with Crippen LogP contribution in [0.3, 0.4) is 0 Å². The van der Waals surface area contributed by atoms with E-state index >= 15 is 0 Å². The van der Waals surface area contributed by atoms with Gasteiger partial charge in [-0.25, -0.2) is 5.01 Å². The lowest BCUT2D eigenvalue weighted by Crippen LogP contribution is -3.12. The second-order valence-corrected chi connectivity index (χ2v) is 5.61. The molecule has 2 heterocycles. The zero-order chi connectivity index (χ0) is 14.1. The van der Waals surface area contributed by atoms with Gasteiger partial charge < -0.3 is 9.32 Å². The number of carbonyl (C=O) groups excluding carboxylic acids is 1. The van der Waals surface area contributed by atoms with Gasteiger partial charge in [0.1, 0.15) is 5.58 Å². The van der Waals surface area contributed by atoms with Gasteiger partial charge >= 0.3 is 5.91 Å². The molecule has 1 aromatic carbocycles. The summed E-state index contributed by atoms with van der Waals surface area (Å²) in [7, 11) is 2.15. The average molecular weight is 295 g/mol. The molecule has 6 heteroatoms. The number of hydrazine groups is 1. The summed E-state index contributed by atoms with van der Waals surface area (Å²) in [6.07, 6.45) is 0. The van der Waals surface area contributed by atoms with E-state index in [4.69, 9.17) is 16.0 Å². The molecule has 2 N–H and O–H groups in total. The van der Waals surface area contributed by atoms with Crippen LogP contribution in [-0.4, -0.2) is 44.1 Å². The molecular weight excluding hydrogens is 278 g/mol. The molecule has 1 amide bonds. The number of quaternary nitrogens is 1. The van der Waals surface area contributed by atoms with Gasteiger partial charge in [0, 0.05) is 10.4 Å². The van der Waals surface area contributed by atoms with Gasteiger partial charge in [0.15, 0.2) is 5.76 Å². The number of benzene rings is 1. The first kappa shape index (κ1) is 13.4. The Labute approximate surface area is 122 Å². The number of nitrogens with one attached hydrogen (secondary N) is 2. The summed E-state index contributed by atoms with van der Waals surface area (Å²) in [5.41, 5.74) is 3.55. The highest BCUT2D eigenvalue weighted by molar-refractivity contribution is 6.31. The standard InChI is InChI=1S/C14H16ClN3O2/c1-17-4-6-18(7-5-17)16-14(19)13-9-10-8-11(15)2-3-12(10)20-13/h2-3,8-9H,4-7H2,1H3,(H,16,19)/p+1. The van der Waals surface area contributed by atoms with Crippen LogP contribution in [0.2, 0.25) is 5.02 Å². The lowest BCUT2D eigenvalue weighted by atomic mass is 10.2. The normalized spacial score (nSPS) is 17.5. The Morgan fingerprint density at radius 2 is 2.10 bits per heavy atom. The second-order valence-electron chi connectivity index (χ2n) is 5.18. The fourth-order valence-electron chi connectivity index (χ4n) is 2.33. The highest BCUT2D eigenvalue weighted by atomic mass is 35.5. The Balaban J connectivity index is 1.72. The van der Waals surface area contributed by atoms with Gasteiger partial charge in [-0.1, -0.05) is 11.6 Å². The summed E-state index contributed by atoms with van der Waals surface area (Å²) < 4.78 is 5.54. The summed E-state index contributed by atoms with van der Waals surface area (Å²) in [5.74, 6) is 0.102. The van der Waals surface area contributed by atoms with E-state index in [9.17, 15) is 4.79 Å². The maximum absolute atomic E-state index is 12.2. The lowest BCUT2D eigenvalue weighted by molar-refractivity contribution is -0.884. The summed E-state index contributed by atoms with van der Waals surface area (Å²) in [5, 5.41) is 3.41. The van der Waals surface area contributed by atoms with Crippen molar-refractivity contribution in [2.75, 3.05) is 33.2 Å². The third-order valence-electron chi connectivity index (χ3n) is 3.58. The Hall–Kier alpha value is -1.56. The van der Waals surface area contributed by atoms with Gasteiger partial charge in [0.05, 0.1) is 33.2 Å². The lowest BCUT2D eigenvalue weighted by Gasteiger charge is -2.29. The van der Waals surface area contributed by atoms with E-state index in [2.05, 4.69) is 12.5 Å². The SMILES string of the molecule is C[NH+]1CCN(NC(=O)c2cc3cc(Cl)ccc3o2)CC1. The maximum atomic E-state index is 12.2. The first-order chi connectivity index (χ1) is 9.61. The molecule has 1 aliphatic rings. The van der Waals surface area contributed by atoms with Crippen LogP contribution >= 0.6 is 11.6 Å². The first-order valence-corrected chi connectivity index (χ1v) is 7.06. The van der Waals surface area contributed by atoms with E-state index in [1.165, 1.54) is 4.90 Å². The number of halogens is 1. The van der Waals surface area contributed by atoms with Crippen LogP contribution in [0.4, 0.5) is 0 Å². The van der Waals surface area contributed by atoms with Crippen LogP contribution in [-0.2, 0) is 0 Å². The predicted octanol–water partition coefficient (Wildman–Crippen LogP) is 0.561. The van der Waals surface area contributed by atoms with Crippen molar-refractivity contribution in [2.24, 2.45) is 0 Å². The minimum Gasteiger partial charge on any atom is -0.451 e. The molecule has 5 nitrogen and oxygen atoms in total. The third kappa shape index (κ3) is 2.80. The monoisotopic (exact) mass is 294 g/mol. The Bertz CT molecular complexity index is 632. The van der Waals surface area contributed by atoms with Crippen molar-refractivity contribution < 1.29 is 14.1 Å². The smallest absolute Gasteiger partial charge is 0.301 e. The van der Waals surface area contributed by atoms with Gasteiger partial charge in [-0.2, -0.15) is 0 Å². The predicted molar refractivity (Wildman–Crippen MR) is 76.9 cm³/mol. The number of hydrogen-bond donors (Lipinski definition) is 2. The minimum atomic E-state index is -0.211. The fraction of sp³-hybridized carbons (Fsp3) is 0.357. The summed E-state index contributed by atoms with van der Waals surface area (Å²) >= 11 is 5.92. The Morgan fingerprint density at radius 1 is 1.35 bits per heavy atom. The first-order valence-electron chi connectivity index (χ1n) is 6.68. The molecule has 1 saturated heterocycles. The summed E-state index contributed by atoms with van der Waals surface area (Å²) in [6, 6.07) is 7.03. The Kier molecular flexibility index (Phi) is 3.65. The molecule has 1 fully saturated rings. The number of fused-ring (bicyclic) bond motifs is 1. The number of rotatable bonds is 2. The van der Waals surface area contributed by atoms with Crippen LogP contribution in [0.5, 0.6) is 0 Å². The number of hydrogen-bond acceptors (Lipinski definition) is 3. The molecule has 0 aliphatic carbocycles. The average Bonchev–Trinajstić information content (AvgIpc) is 2.84. The molecule has 106 valence electrons. The molecule has 0 atom stereocenters. The van der Waals surface area contributed by atoms with Gasteiger partial charge in [0.25, 0.3) is 0 Å². The molecule has 1 aliphatic heterocycles. The van der Waals surface area contributed by atoms with Crippen LogP contribution in [0.1, 0.15) is 10.6 Å². The van der Waals surface area contributed by atoms with Crippen molar-refractivity contribution in [3.8, 4) is 0 Å². The molecule has 2 aromatic rings. The van der Waals surface area contributed by atoms with Crippen LogP contribution in [0, 0.1) is 0 Å². The molecule has 1 aromatic heterocycles. The van der Waals surface area contributed by atoms with Crippen molar-refractivity contribution in [1.82, 2.24) is 10.4 Å². The van der Waals surface area contributed by atoms with E-state index < -0.39 is 0 Å². The van der Waals surface area contributed by atoms with Crippen LogP contribution < -0.4 is 10.3 Å². The highest BCUT2D eigenvalue weighted by Crippen LogP contribution is 2.22.